The first-order chi connectivity index (χ1) is 9.42. The van der Waals surface area contributed by atoms with E-state index in [4.69, 9.17) is 0 Å². The van der Waals surface area contributed by atoms with Crippen LogP contribution in [0.25, 0.3) is 0 Å². The molecule has 1 fully saturated rings. The van der Waals surface area contributed by atoms with Crippen molar-refractivity contribution in [2.45, 2.75) is 43.1 Å². The quantitative estimate of drug-likeness (QED) is 0.798. The van der Waals surface area contributed by atoms with E-state index in [9.17, 15) is 9.59 Å². The van der Waals surface area contributed by atoms with E-state index in [2.05, 4.69) is 29.2 Å². The van der Waals surface area contributed by atoms with Gasteiger partial charge in [0, 0.05) is 18.3 Å². The van der Waals surface area contributed by atoms with Crippen LogP contribution >= 0.6 is 11.8 Å². The molecule has 1 aliphatic rings. The minimum atomic E-state index is -0.719. The highest BCUT2D eigenvalue weighted by molar-refractivity contribution is 7.99. The molecule has 1 aliphatic carbocycles. The highest BCUT2D eigenvalue weighted by atomic mass is 32.2. The van der Waals surface area contributed by atoms with Crippen molar-refractivity contribution in [2.24, 2.45) is 18.9 Å². The van der Waals surface area contributed by atoms with Gasteiger partial charge in [-0.1, -0.05) is 25.6 Å². The number of aromatic amines is 1. The SMILES string of the molecule is CNC1CC(C)CC(C)C1Sc1nc(=O)c(=O)[nH]n1C. The predicted octanol–water partition coefficient (Wildman–Crippen LogP) is 0.583. The Labute approximate surface area is 122 Å². The second-order valence-electron chi connectivity index (χ2n) is 5.73. The van der Waals surface area contributed by atoms with Crippen molar-refractivity contribution in [1.29, 1.82) is 0 Å². The Morgan fingerprint density at radius 2 is 2.05 bits per heavy atom. The van der Waals surface area contributed by atoms with Crippen LogP contribution in [0.4, 0.5) is 0 Å². The summed E-state index contributed by atoms with van der Waals surface area (Å²) in [5.74, 6) is 1.23. The Kier molecular flexibility index (Phi) is 4.70. The fourth-order valence-electron chi connectivity index (χ4n) is 3.00. The molecular weight excluding hydrogens is 276 g/mol. The first-order valence-corrected chi connectivity index (χ1v) is 7.81. The van der Waals surface area contributed by atoms with E-state index >= 15 is 0 Å². The summed E-state index contributed by atoms with van der Waals surface area (Å²) < 4.78 is 1.53. The largest absolute Gasteiger partial charge is 0.339 e. The van der Waals surface area contributed by atoms with Gasteiger partial charge in [0.05, 0.1) is 0 Å². The summed E-state index contributed by atoms with van der Waals surface area (Å²) in [6.45, 7) is 4.51. The number of H-pyrrole nitrogens is 1. The summed E-state index contributed by atoms with van der Waals surface area (Å²) in [6, 6.07) is 0.391. The van der Waals surface area contributed by atoms with Crippen molar-refractivity contribution in [2.75, 3.05) is 7.05 Å². The minimum Gasteiger partial charge on any atom is -0.316 e. The Balaban J connectivity index is 2.25. The molecule has 2 rings (SSSR count). The maximum atomic E-state index is 11.4. The molecule has 112 valence electrons. The van der Waals surface area contributed by atoms with Gasteiger partial charge in [-0.05, 0) is 31.7 Å². The van der Waals surface area contributed by atoms with Crippen molar-refractivity contribution in [3.63, 3.8) is 0 Å². The van der Waals surface area contributed by atoms with E-state index in [0.717, 1.165) is 6.42 Å². The fraction of sp³-hybridized carbons (Fsp3) is 0.769. The lowest BCUT2D eigenvalue weighted by Gasteiger charge is -2.38. The lowest BCUT2D eigenvalue weighted by molar-refractivity contribution is 0.256. The van der Waals surface area contributed by atoms with Gasteiger partial charge in [-0.3, -0.25) is 19.4 Å². The van der Waals surface area contributed by atoms with Gasteiger partial charge in [0.15, 0.2) is 5.16 Å². The molecular formula is C13H22N4O2S. The van der Waals surface area contributed by atoms with Crippen LogP contribution in [0.2, 0.25) is 0 Å². The zero-order valence-electron chi connectivity index (χ0n) is 12.3. The van der Waals surface area contributed by atoms with Crippen molar-refractivity contribution in [3.8, 4) is 0 Å². The average Bonchev–Trinajstić information content (AvgIpc) is 2.38. The molecule has 0 spiro atoms. The summed E-state index contributed by atoms with van der Waals surface area (Å²) in [4.78, 5) is 26.5. The van der Waals surface area contributed by atoms with Gasteiger partial charge in [0.1, 0.15) is 0 Å². The summed E-state index contributed by atoms with van der Waals surface area (Å²) in [6.07, 6.45) is 2.29. The molecule has 0 aliphatic heterocycles. The highest BCUT2D eigenvalue weighted by Crippen LogP contribution is 2.38. The Morgan fingerprint density at radius 1 is 1.35 bits per heavy atom. The summed E-state index contributed by atoms with van der Waals surface area (Å²) >= 11 is 1.58. The van der Waals surface area contributed by atoms with Gasteiger partial charge in [0.25, 0.3) is 0 Å². The van der Waals surface area contributed by atoms with Crippen LogP contribution < -0.4 is 16.4 Å². The molecule has 0 bridgehead atoms. The Hall–Kier alpha value is -1.08. The normalized spacial score (nSPS) is 30.4. The number of rotatable bonds is 3. The first kappa shape index (κ1) is 15.3. The number of hydrogen-bond donors (Lipinski definition) is 2. The van der Waals surface area contributed by atoms with Crippen LogP contribution in [-0.4, -0.2) is 33.1 Å². The maximum absolute atomic E-state index is 11.4. The first-order valence-electron chi connectivity index (χ1n) is 6.93. The number of nitrogens with zero attached hydrogens (tertiary/aromatic N) is 2. The third-order valence-corrected chi connectivity index (χ3v) is 5.59. The highest BCUT2D eigenvalue weighted by Gasteiger charge is 2.34. The fourth-order valence-corrected chi connectivity index (χ4v) is 4.34. The summed E-state index contributed by atoms with van der Waals surface area (Å²) in [7, 11) is 3.68. The van der Waals surface area contributed by atoms with E-state index in [1.54, 1.807) is 18.8 Å². The second kappa shape index (κ2) is 6.13. The molecule has 0 aromatic carbocycles. The summed E-state index contributed by atoms with van der Waals surface area (Å²) in [5.41, 5.74) is -1.39. The summed E-state index contributed by atoms with van der Waals surface area (Å²) in [5, 5.41) is 6.79. The standard InChI is InChI=1S/C13H22N4O2S/c1-7-5-8(2)10(9(6-7)14-3)20-13-15-11(18)12(19)16-17(13)4/h7-10,14H,5-6H2,1-4H3,(H,16,19). The lowest BCUT2D eigenvalue weighted by atomic mass is 9.80. The van der Waals surface area contributed by atoms with Crippen LogP contribution in [0, 0.1) is 11.8 Å². The van der Waals surface area contributed by atoms with Crippen LogP contribution in [0.5, 0.6) is 0 Å². The zero-order valence-corrected chi connectivity index (χ0v) is 13.2. The van der Waals surface area contributed by atoms with E-state index < -0.39 is 11.1 Å². The van der Waals surface area contributed by atoms with Gasteiger partial charge >= 0.3 is 11.1 Å². The molecule has 1 aromatic rings. The molecule has 1 saturated carbocycles. The van der Waals surface area contributed by atoms with Crippen molar-refractivity contribution in [3.05, 3.63) is 20.7 Å². The van der Waals surface area contributed by atoms with Gasteiger partial charge in [-0.2, -0.15) is 4.98 Å². The van der Waals surface area contributed by atoms with Crippen molar-refractivity contribution in [1.82, 2.24) is 20.1 Å². The van der Waals surface area contributed by atoms with Crippen LogP contribution in [0.1, 0.15) is 26.7 Å². The third-order valence-electron chi connectivity index (χ3n) is 3.95. The molecule has 1 aromatic heterocycles. The monoisotopic (exact) mass is 298 g/mol. The molecule has 4 atom stereocenters. The predicted molar refractivity (Wildman–Crippen MR) is 80.2 cm³/mol. The van der Waals surface area contributed by atoms with Gasteiger partial charge in [-0.25, -0.2) is 0 Å². The van der Waals surface area contributed by atoms with Crippen molar-refractivity contribution >= 4 is 11.8 Å². The van der Waals surface area contributed by atoms with E-state index in [-0.39, 0.29) is 0 Å². The Morgan fingerprint density at radius 3 is 2.70 bits per heavy atom. The third kappa shape index (κ3) is 3.15. The zero-order chi connectivity index (χ0) is 14.9. The van der Waals surface area contributed by atoms with Gasteiger partial charge < -0.3 is 5.32 Å². The van der Waals surface area contributed by atoms with Crippen molar-refractivity contribution < 1.29 is 0 Å². The number of hydrogen-bond acceptors (Lipinski definition) is 5. The molecule has 20 heavy (non-hydrogen) atoms. The van der Waals surface area contributed by atoms with Crippen LogP contribution in [0.3, 0.4) is 0 Å². The van der Waals surface area contributed by atoms with Crippen LogP contribution in [-0.2, 0) is 7.05 Å². The maximum Gasteiger partial charge on any atom is 0.339 e. The molecule has 7 heteroatoms. The average molecular weight is 298 g/mol. The molecule has 0 radical (unpaired) electrons. The molecule has 0 saturated heterocycles. The van der Waals surface area contributed by atoms with E-state index in [0.29, 0.717) is 28.3 Å². The smallest absolute Gasteiger partial charge is 0.316 e. The van der Waals surface area contributed by atoms with Gasteiger partial charge in [0.2, 0.25) is 0 Å². The van der Waals surface area contributed by atoms with E-state index in [1.165, 1.54) is 11.1 Å². The molecule has 0 amide bonds. The molecule has 1 heterocycles. The minimum absolute atomic E-state index is 0.347. The Bertz CT molecular complexity index is 582. The second-order valence-corrected chi connectivity index (χ2v) is 6.88. The molecule has 4 unspecified atom stereocenters. The lowest BCUT2D eigenvalue weighted by Crippen LogP contribution is -2.45. The van der Waals surface area contributed by atoms with Crippen LogP contribution in [0.15, 0.2) is 14.7 Å². The molecule has 6 nitrogen and oxygen atoms in total. The number of thioether (sulfide) groups is 1. The number of aromatic nitrogens is 3. The number of nitrogens with one attached hydrogen (secondary N) is 2. The van der Waals surface area contributed by atoms with Gasteiger partial charge in [-0.15, -0.1) is 0 Å². The van der Waals surface area contributed by atoms with E-state index in [1.807, 2.05) is 7.05 Å². The topological polar surface area (TPSA) is 79.8 Å². The molecule has 2 N–H and O–H groups in total. The number of aryl methyl sites for hydroxylation is 1.